The molecule has 1 aliphatic heterocycles. The van der Waals surface area contributed by atoms with Gasteiger partial charge in [-0.2, -0.15) is 5.26 Å². The zero-order chi connectivity index (χ0) is 15.6. The number of aromatic hydroxyl groups is 1. The van der Waals surface area contributed by atoms with Gasteiger partial charge in [0.1, 0.15) is 18.3 Å². The highest BCUT2D eigenvalue weighted by atomic mass is 16.7. The number of rotatable bonds is 3. The van der Waals surface area contributed by atoms with Crippen molar-refractivity contribution in [3.05, 3.63) is 23.8 Å². The summed E-state index contributed by atoms with van der Waals surface area (Å²) in [6.07, 6.45) is -5.86. The van der Waals surface area contributed by atoms with Crippen LogP contribution in [0.4, 0.5) is 0 Å². The molecular formula is C14H17NO6. The molecule has 0 amide bonds. The average molecular weight is 295 g/mol. The first-order chi connectivity index (χ1) is 9.93. The van der Waals surface area contributed by atoms with E-state index in [4.69, 9.17) is 14.7 Å². The molecule has 0 spiro atoms. The van der Waals surface area contributed by atoms with Crippen LogP contribution in [-0.2, 0) is 11.2 Å². The van der Waals surface area contributed by atoms with Gasteiger partial charge < -0.3 is 29.9 Å². The summed E-state index contributed by atoms with van der Waals surface area (Å²) >= 11 is 0. The van der Waals surface area contributed by atoms with Crippen molar-refractivity contribution in [2.75, 3.05) is 0 Å². The van der Waals surface area contributed by atoms with Crippen molar-refractivity contribution >= 4 is 0 Å². The Balaban J connectivity index is 2.13. The number of phenols is 1. The van der Waals surface area contributed by atoms with Crippen LogP contribution in [0.5, 0.6) is 11.5 Å². The normalized spacial score (nSPS) is 32.4. The molecule has 0 radical (unpaired) electrons. The van der Waals surface area contributed by atoms with Gasteiger partial charge in [0, 0.05) is 0 Å². The van der Waals surface area contributed by atoms with E-state index in [0.29, 0.717) is 5.56 Å². The predicted octanol–water partition coefficient (Wildman–Crippen LogP) is -0.335. The molecule has 7 nitrogen and oxygen atoms in total. The smallest absolute Gasteiger partial charge is 0.229 e. The highest BCUT2D eigenvalue weighted by molar-refractivity contribution is 5.42. The van der Waals surface area contributed by atoms with E-state index in [1.165, 1.54) is 19.1 Å². The molecule has 1 fully saturated rings. The van der Waals surface area contributed by atoms with Crippen LogP contribution < -0.4 is 4.74 Å². The van der Waals surface area contributed by atoms with Crippen LogP contribution >= 0.6 is 0 Å². The summed E-state index contributed by atoms with van der Waals surface area (Å²) in [4.78, 5) is 0. The second kappa shape index (κ2) is 6.28. The fourth-order valence-electron chi connectivity index (χ4n) is 2.10. The summed E-state index contributed by atoms with van der Waals surface area (Å²) < 4.78 is 10.6. The first kappa shape index (κ1) is 15.5. The predicted molar refractivity (Wildman–Crippen MR) is 70.4 cm³/mol. The summed E-state index contributed by atoms with van der Waals surface area (Å²) in [7, 11) is 0. The topological polar surface area (TPSA) is 123 Å². The molecule has 1 aliphatic rings. The lowest BCUT2D eigenvalue weighted by Crippen LogP contribution is -2.58. The zero-order valence-corrected chi connectivity index (χ0v) is 11.4. The molecule has 114 valence electrons. The Morgan fingerprint density at radius 3 is 2.57 bits per heavy atom. The molecule has 0 unspecified atom stereocenters. The van der Waals surface area contributed by atoms with Gasteiger partial charge in [0.25, 0.3) is 0 Å². The van der Waals surface area contributed by atoms with Gasteiger partial charge in [-0.3, -0.25) is 0 Å². The number of phenolic OH excluding ortho intramolecular Hbond substituents is 1. The lowest BCUT2D eigenvalue weighted by Gasteiger charge is -2.38. The summed E-state index contributed by atoms with van der Waals surface area (Å²) in [5.41, 5.74) is 0.622. The molecule has 0 saturated carbocycles. The van der Waals surface area contributed by atoms with Gasteiger partial charge in [-0.1, -0.05) is 6.07 Å². The molecular weight excluding hydrogens is 278 g/mol. The number of nitriles is 1. The van der Waals surface area contributed by atoms with Crippen LogP contribution in [0, 0.1) is 11.3 Å². The lowest BCUT2D eigenvalue weighted by molar-refractivity contribution is -0.268. The van der Waals surface area contributed by atoms with Crippen molar-refractivity contribution in [3.63, 3.8) is 0 Å². The Kier molecular flexibility index (Phi) is 4.65. The van der Waals surface area contributed by atoms with Crippen molar-refractivity contribution in [1.82, 2.24) is 0 Å². The van der Waals surface area contributed by atoms with Gasteiger partial charge in [0.15, 0.2) is 11.5 Å². The van der Waals surface area contributed by atoms with Crippen molar-refractivity contribution in [3.8, 4) is 17.6 Å². The van der Waals surface area contributed by atoms with Crippen LogP contribution in [0.3, 0.4) is 0 Å². The second-order valence-electron chi connectivity index (χ2n) is 4.94. The van der Waals surface area contributed by atoms with Gasteiger partial charge in [0.2, 0.25) is 6.29 Å². The van der Waals surface area contributed by atoms with Crippen molar-refractivity contribution in [2.45, 2.75) is 44.1 Å². The second-order valence-corrected chi connectivity index (χ2v) is 4.94. The first-order valence-electron chi connectivity index (χ1n) is 6.49. The molecule has 21 heavy (non-hydrogen) atoms. The first-order valence-corrected chi connectivity index (χ1v) is 6.49. The molecule has 0 aliphatic carbocycles. The maximum absolute atomic E-state index is 9.84. The van der Waals surface area contributed by atoms with Crippen molar-refractivity contribution in [1.29, 1.82) is 5.26 Å². The van der Waals surface area contributed by atoms with E-state index >= 15 is 0 Å². The Morgan fingerprint density at radius 2 is 1.95 bits per heavy atom. The fourth-order valence-corrected chi connectivity index (χ4v) is 2.10. The molecule has 7 heteroatoms. The van der Waals surface area contributed by atoms with Gasteiger partial charge in [-0.15, -0.1) is 0 Å². The van der Waals surface area contributed by atoms with E-state index in [1.807, 2.05) is 6.07 Å². The molecule has 2 rings (SSSR count). The minimum atomic E-state index is -1.45. The molecule has 1 aromatic carbocycles. The van der Waals surface area contributed by atoms with E-state index in [-0.39, 0.29) is 17.9 Å². The summed E-state index contributed by atoms with van der Waals surface area (Å²) in [5.74, 6) is -0.150. The maximum atomic E-state index is 9.84. The van der Waals surface area contributed by atoms with Crippen LogP contribution in [0.15, 0.2) is 18.2 Å². The zero-order valence-electron chi connectivity index (χ0n) is 11.4. The summed E-state index contributed by atoms with van der Waals surface area (Å²) in [6.45, 7) is 1.53. The van der Waals surface area contributed by atoms with Crippen LogP contribution in [-0.4, -0.2) is 51.1 Å². The molecule has 1 aromatic rings. The van der Waals surface area contributed by atoms with E-state index in [1.54, 1.807) is 6.07 Å². The highest BCUT2D eigenvalue weighted by Gasteiger charge is 2.43. The monoisotopic (exact) mass is 295 g/mol. The number of ether oxygens (including phenoxy) is 2. The Morgan fingerprint density at radius 1 is 1.24 bits per heavy atom. The highest BCUT2D eigenvalue weighted by Crippen LogP contribution is 2.31. The third-order valence-electron chi connectivity index (χ3n) is 3.36. The Labute approximate surface area is 121 Å². The molecule has 4 N–H and O–H groups in total. The van der Waals surface area contributed by atoms with Crippen LogP contribution in [0.2, 0.25) is 0 Å². The number of aliphatic hydroxyl groups is 3. The number of hydrogen-bond donors (Lipinski definition) is 4. The quantitative estimate of drug-likeness (QED) is 0.601. The van der Waals surface area contributed by atoms with Crippen LogP contribution in [0.1, 0.15) is 12.5 Å². The fraction of sp³-hybridized carbons (Fsp3) is 0.500. The Bertz CT molecular complexity index is 543. The van der Waals surface area contributed by atoms with Crippen molar-refractivity contribution < 1.29 is 29.9 Å². The SMILES string of the molecule is C[C@H]1O[C@H](Oc2ccc(CC#N)cc2O)[C@H](O)[C@@H](O)[C@@H]1O. The van der Waals surface area contributed by atoms with Crippen molar-refractivity contribution in [2.24, 2.45) is 0 Å². The van der Waals surface area contributed by atoms with Crippen LogP contribution in [0.25, 0.3) is 0 Å². The lowest BCUT2D eigenvalue weighted by atomic mass is 10.00. The van der Waals surface area contributed by atoms with E-state index < -0.39 is 30.7 Å². The molecule has 1 saturated heterocycles. The van der Waals surface area contributed by atoms with E-state index in [9.17, 15) is 20.4 Å². The average Bonchev–Trinajstić information content (AvgIpc) is 2.45. The standard InChI is InChI=1S/C14H17NO6/c1-7-11(17)12(18)13(19)14(20-7)21-10-3-2-8(4-5-15)6-9(10)16/h2-3,6-7,11-14,16-19H,4H2,1H3/t7-,11-,12+,13-,14-/m1/s1. The minimum absolute atomic E-state index is 0.0523. The number of aliphatic hydroxyl groups excluding tert-OH is 3. The maximum Gasteiger partial charge on any atom is 0.229 e. The third kappa shape index (κ3) is 3.25. The van der Waals surface area contributed by atoms with E-state index in [2.05, 4.69) is 0 Å². The van der Waals surface area contributed by atoms with Gasteiger partial charge >= 0.3 is 0 Å². The molecule has 0 aromatic heterocycles. The number of benzene rings is 1. The minimum Gasteiger partial charge on any atom is -0.504 e. The molecule has 5 atom stereocenters. The summed E-state index contributed by atoms with van der Waals surface area (Å²) in [6, 6.07) is 6.38. The van der Waals surface area contributed by atoms with Gasteiger partial charge in [0.05, 0.1) is 18.6 Å². The number of hydrogen-bond acceptors (Lipinski definition) is 7. The Hall–Kier alpha value is -1.85. The largest absolute Gasteiger partial charge is 0.504 e. The molecule has 1 heterocycles. The van der Waals surface area contributed by atoms with Gasteiger partial charge in [-0.25, -0.2) is 0 Å². The van der Waals surface area contributed by atoms with E-state index in [0.717, 1.165) is 0 Å². The van der Waals surface area contributed by atoms with Gasteiger partial charge in [-0.05, 0) is 24.6 Å². The molecule has 0 bridgehead atoms. The third-order valence-corrected chi connectivity index (χ3v) is 3.36. The number of nitrogens with zero attached hydrogens (tertiary/aromatic N) is 1. The summed E-state index contributed by atoms with van der Waals surface area (Å²) in [5, 5.41) is 47.5.